The minimum absolute atomic E-state index is 0.0872. The number of aromatic nitrogens is 3. The van der Waals surface area contributed by atoms with Crippen LogP contribution in [0.15, 0.2) is 81.5 Å². The van der Waals surface area contributed by atoms with E-state index >= 15 is 0 Å². The van der Waals surface area contributed by atoms with Crippen molar-refractivity contribution in [3.05, 3.63) is 76.8 Å². The van der Waals surface area contributed by atoms with E-state index in [4.69, 9.17) is 14.2 Å². The summed E-state index contributed by atoms with van der Waals surface area (Å²) in [7, 11) is 4.63. The number of nitrogens with one attached hydrogen (secondary N) is 1. The lowest BCUT2D eigenvalue weighted by atomic mass is 10.2. The minimum atomic E-state index is -0.299. The predicted octanol–water partition coefficient (Wildman–Crippen LogP) is 4.97. The highest BCUT2D eigenvalue weighted by atomic mass is 79.9. The predicted molar refractivity (Wildman–Crippen MR) is 147 cm³/mol. The van der Waals surface area contributed by atoms with Crippen LogP contribution < -0.4 is 19.6 Å². The highest BCUT2D eigenvalue weighted by Gasteiger charge is 2.17. The van der Waals surface area contributed by atoms with Gasteiger partial charge in [-0.1, -0.05) is 58.0 Å². The minimum Gasteiger partial charge on any atom is -0.496 e. The number of hydrogen-bond donors (Lipinski definition) is 1. The first-order chi connectivity index (χ1) is 18.0. The van der Waals surface area contributed by atoms with Gasteiger partial charge in [0.25, 0.3) is 5.91 Å². The summed E-state index contributed by atoms with van der Waals surface area (Å²) in [6.45, 7) is 0. The molecule has 0 saturated heterocycles. The molecule has 0 aliphatic carbocycles. The first-order valence-corrected chi connectivity index (χ1v) is 12.8. The highest BCUT2D eigenvalue weighted by molar-refractivity contribution is 9.10. The van der Waals surface area contributed by atoms with Crippen LogP contribution in [-0.2, 0) is 4.79 Å². The fraction of sp³-hybridized carbons (Fsp3) is 0.154. The smallest absolute Gasteiger partial charge is 0.250 e. The second kappa shape index (κ2) is 12.4. The third-order valence-corrected chi connectivity index (χ3v) is 6.67. The molecular weight excluding hydrogens is 558 g/mol. The number of hydrazone groups is 1. The molecule has 0 fully saturated rings. The number of methoxy groups -OCH3 is 3. The van der Waals surface area contributed by atoms with Gasteiger partial charge in [0, 0.05) is 27.4 Å². The molecule has 0 unspecified atom stereocenters. The van der Waals surface area contributed by atoms with Crippen LogP contribution in [0.4, 0.5) is 0 Å². The van der Waals surface area contributed by atoms with Gasteiger partial charge in [0.05, 0.1) is 33.3 Å². The van der Waals surface area contributed by atoms with Crippen molar-refractivity contribution < 1.29 is 19.0 Å². The van der Waals surface area contributed by atoms with E-state index in [1.807, 2.05) is 59.2 Å². The Kier molecular flexibility index (Phi) is 8.81. The van der Waals surface area contributed by atoms with Crippen molar-refractivity contribution in [1.29, 1.82) is 0 Å². The standard InChI is InChI=1S/C26H24BrN5O4S/c1-34-21-14-23(36-3)22(35-2)13-18(21)15-28-29-24(33)16-37-26-31-30-25(17-7-5-4-6-8-17)32(26)20-11-9-19(27)10-12-20/h4-15H,16H2,1-3H3,(H,29,33)/b28-15-. The number of nitrogens with zero attached hydrogens (tertiary/aromatic N) is 4. The molecule has 4 rings (SSSR count). The van der Waals surface area contributed by atoms with Gasteiger partial charge < -0.3 is 14.2 Å². The molecule has 190 valence electrons. The zero-order valence-corrected chi connectivity index (χ0v) is 22.7. The van der Waals surface area contributed by atoms with Crippen LogP contribution in [0.5, 0.6) is 17.2 Å². The number of carbonyl (C=O) groups is 1. The number of thioether (sulfide) groups is 1. The maximum atomic E-state index is 12.6. The zero-order valence-electron chi connectivity index (χ0n) is 20.3. The van der Waals surface area contributed by atoms with E-state index in [9.17, 15) is 4.79 Å². The third kappa shape index (κ3) is 6.30. The molecule has 11 heteroatoms. The Morgan fingerprint density at radius 3 is 2.32 bits per heavy atom. The van der Waals surface area contributed by atoms with Crippen LogP contribution >= 0.6 is 27.7 Å². The number of amides is 1. The fourth-order valence-electron chi connectivity index (χ4n) is 3.45. The molecule has 1 aromatic heterocycles. The highest BCUT2D eigenvalue weighted by Crippen LogP contribution is 2.34. The molecule has 37 heavy (non-hydrogen) atoms. The van der Waals surface area contributed by atoms with Gasteiger partial charge in [-0.15, -0.1) is 10.2 Å². The summed E-state index contributed by atoms with van der Waals surface area (Å²) in [6.07, 6.45) is 1.49. The van der Waals surface area contributed by atoms with Gasteiger partial charge in [-0.2, -0.15) is 5.10 Å². The van der Waals surface area contributed by atoms with E-state index in [0.29, 0.717) is 33.8 Å². The molecule has 4 aromatic rings. The quantitative estimate of drug-likeness (QED) is 0.160. The SMILES string of the molecule is COc1cc(OC)c(OC)cc1/C=N\NC(=O)CSc1nnc(-c2ccccc2)n1-c1ccc(Br)cc1. The van der Waals surface area contributed by atoms with E-state index in [-0.39, 0.29) is 11.7 Å². The molecule has 1 heterocycles. The van der Waals surface area contributed by atoms with Gasteiger partial charge in [0.15, 0.2) is 22.5 Å². The average molecular weight is 582 g/mol. The summed E-state index contributed by atoms with van der Waals surface area (Å²) >= 11 is 4.74. The van der Waals surface area contributed by atoms with Crippen LogP contribution in [0.2, 0.25) is 0 Å². The molecule has 1 amide bonds. The Hall–Kier alpha value is -3.83. The molecule has 1 N–H and O–H groups in total. The van der Waals surface area contributed by atoms with Gasteiger partial charge in [-0.25, -0.2) is 5.43 Å². The van der Waals surface area contributed by atoms with Crippen LogP contribution in [0.3, 0.4) is 0 Å². The maximum Gasteiger partial charge on any atom is 0.250 e. The largest absolute Gasteiger partial charge is 0.496 e. The second-order valence-electron chi connectivity index (χ2n) is 7.52. The van der Waals surface area contributed by atoms with E-state index in [2.05, 4.69) is 36.7 Å². The van der Waals surface area contributed by atoms with Gasteiger partial charge in [0.1, 0.15) is 5.75 Å². The summed E-state index contributed by atoms with van der Waals surface area (Å²) in [4.78, 5) is 12.6. The van der Waals surface area contributed by atoms with E-state index in [1.54, 1.807) is 33.5 Å². The van der Waals surface area contributed by atoms with Crippen LogP contribution in [0, 0.1) is 0 Å². The Balaban J connectivity index is 1.49. The molecule has 0 bridgehead atoms. The van der Waals surface area contributed by atoms with Gasteiger partial charge in [0.2, 0.25) is 0 Å². The van der Waals surface area contributed by atoms with Crippen molar-refractivity contribution >= 4 is 39.8 Å². The van der Waals surface area contributed by atoms with Gasteiger partial charge >= 0.3 is 0 Å². The summed E-state index contributed by atoms with van der Waals surface area (Å²) in [5.74, 6) is 2.05. The first kappa shape index (κ1) is 26.2. The second-order valence-corrected chi connectivity index (χ2v) is 9.37. The molecule has 0 aliphatic rings. The van der Waals surface area contributed by atoms with Gasteiger partial charge in [-0.3, -0.25) is 9.36 Å². The van der Waals surface area contributed by atoms with E-state index < -0.39 is 0 Å². The van der Waals surface area contributed by atoms with E-state index in [1.165, 1.54) is 18.0 Å². The topological polar surface area (TPSA) is 99.9 Å². The van der Waals surface area contributed by atoms with Crippen LogP contribution in [0.25, 0.3) is 17.1 Å². The van der Waals surface area contributed by atoms with Crippen LogP contribution in [0.1, 0.15) is 5.56 Å². The van der Waals surface area contributed by atoms with Crippen molar-refractivity contribution in [2.75, 3.05) is 27.1 Å². The molecule has 0 aliphatic heterocycles. The normalized spacial score (nSPS) is 10.9. The van der Waals surface area contributed by atoms with Crippen molar-refractivity contribution in [3.8, 4) is 34.3 Å². The zero-order chi connectivity index (χ0) is 26.2. The molecule has 0 spiro atoms. The average Bonchev–Trinajstić information content (AvgIpc) is 3.36. The molecule has 0 atom stereocenters. The molecule has 0 radical (unpaired) electrons. The number of carbonyl (C=O) groups excluding carboxylic acids is 1. The Morgan fingerprint density at radius 2 is 1.65 bits per heavy atom. The fourth-order valence-corrected chi connectivity index (χ4v) is 4.46. The molecule has 3 aromatic carbocycles. The number of hydrogen-bond acceptors (Lipinski definition) is 8. The van der Waals surface area contributed by atoms with E-state index in [0.717, 1.165) is 15.7 Å². The maximum absolute atomic E-state index is 12.6. The van der Waals surface area contributed by atoms with Crippen LogP contribution in [-0.4, -0.2) is 54.0 Å². The molecular formula is C26H24BrN5O4S. The monoisotopic (exact) mass is 581 g/mol. The first-order valence-electron chi connectivity index (χ1n) is 11.1. The summed E-state index contributed by atoms with van der Waals surface area (Å²) in [5.41, 5.74) is 4.97. The van der Waals surface area contributed by atoms with Crippen molar-refractivity contribution in [2.24, 2.45) is 5.10 Å². The number of benzene rings is 3. The number of halogens is 1. The Labute approximate surface area is 227 Å². The summed E-state index contributed by atoms with van der Waals surface area (Å²) in [6, 6.07) is 21.0. The lowest BCUT2D eigenvalue weighted by Gasteiger charge is -2.11. The summed E-state index contributed by atoms with van der Waals surface area (Å²) in [5, 5.41) is 13.4. The van der Waals surface area contributed by atoms with Crippen molar-refractivity contribution in [2.45, 2.75) is 5.16 Å². The Morgan fingerprint density at radius 1 is 0.973 bits per heavy atom. The number of ether oxygens (including phenoxy) is 3. The lowest BCUT2D eigenvalue weighted by molar-refractivity contribution is -0.118. The number of rotatable bonds is 10. The third-order valence-electron chi connectivity index (χ3n) is 5.21. The molecule has 0 saturated carbocycles. The summed E-state index contributed by atoms with van der Waals surface area (Å²) < 4.78 is 18.9. The Bertz CT molecular complexity index is 1390. The van der Waals surface area contributed by atoms with Gasteiger partial charge in [-0.05, 0) is 30.3 Å². The van der Waals surface area contributed by atoms with Crippen molar-refractivity contribution in [1.82, 2.24) is 20.2 Å². The molecule has 9 nitrogen and oxygen atoms in total. The van der Waals surface area contributed by atoms with Crippen molar-refractivity contribution in [3.63, 3.8) is 0 Å². The lowest BCUT2D eigenvalue weighted by Crippen LogP contribution is -2.20.